The van der Waals surface area contributed by atoms with Crippen molar-refractivity contribution in [2.45, 2.75) is 13.5 Å². The maximum Gasteiger partial charge on any atom is 0.0448 e. The summed E-state index contributed by atoms with van der Waals surface area (Å²) in [7, 11) is 2.18. The van der Waals surface area contributed by atoms with Crippen molar-refractivity contribution < 1.29 is 0 Å². The molecule has 0 amide bonds. The van der Waals surface area contributed by atoms with Crippen molar-refractivity contribution >= 4 is 27.3 Å². The second-order valence-electron chi connectivity index (χ2n) is 4.24. The number of rotatable bonds is 3. The minimum Gasteiger partial charge on any atom is -0.304 e. The predicted octanol–water partition coefficient (Wildman–Crippen LogP) is 2.07. The highest BCUT2D eigenvalue weighted by Crippen LogP contribution is 2.26. The molecule has 1 aromatic rings. The first-order valence-corrected chi connectivity index (χ1v) is 7.18. The van der Waals surface area contributed by atoms with Gasteiger partial charge in [0, 0.05) is 47.0 Å². The molecule has 0 aliphatic carbocycles. The molecule has 0 bridgehead atoms. The van der Waals surface area contributed by atoms with Gasteiger partial charge in [-0.25, -0.2) is 10.4 Å². The molecule has 0 aromatic carbocycles. The van der Waals surface area contributed by atoms with Gasteiger partial charge in [-0.1, -0.05) is 0 Å². The smallest absolute Gasteiger partial charge is 0.0448 e. The summed E-state index contributed by atoms with van der Waals surface area (Å²) in [5.41, 5.74) is 3.50. The van der Waals surface area contributed by atoms with Crippen LogP contribution >= 0.6 is 27.3 Å². The molecule has 2 heterocycles. The first-order chi connectivity index (χ1) is 7.65. The molecule has 0 unspecified atom stereocenters. The van der Waals surface area contributed by atoms with Crippen LogP contribution in [0.5, 0.6) is 0 Å². The van der Waals surface area contributed by atoms with E-state index in [1.165, 1.54) is 14.2 Å². The molecule has 1 aromatic heterocycles. The molecule has 90 valence electrons. The van der Waals surface area contributed by atoms with E-state index < -0.39 is 0 Å². The van der Waals surface area contributed by atoms with E-state index in [1.807, 2.05) is 11.3 Å². The van der Waals surface area contributed by atoms with Gasteiger partial charge in [0.1, 0.15) is 0 Å². The largest absolute Gasteiger partial charge is 0.304 e. The van der Waals surface area contributed by atoms with Gasteiger partial charge in [0.15, 0.2) is 0 Å². The highest BCUT2D eigenvalue weighted by atomic mass is 79.9. The van der Waals surface area contributed by atoms with Crippen LogP contribution < -0.4 is 5.43 Å². The van der Waals surface area contributed by atoms with E-state index in [0.717, 1.165) is 32.7 Å². The number of piperazine rings is 1. The minimum atomic E-state index is 0.945. The Morgan fingerprint density at radius 2 is 2.06 bits per heavy atom. The predicted molar refractivity (Wildman–Crippen MR) is 72.7 cm³/mol. The topological polar surface area (TPSA) is 18.5 Å². The lowest BCUT2D eigenvalue weighted by atomic mass is 10.4. The molecule has 0 radical (unpaired) electrons. The first kappa shape index (κ1) is 12.5. The van der Waals surface area contributed by atoms with Gasteiger partial charge in [0.05, 0.1) is 0 Å². The summed E-state index contributed by atoms with van der Waals surface area (Å²) >= 11 is 5.41. The zero-order valence-electron chi connectivity index (χ0n) is 9.79. The van der Waals surface area contributed by atoms with Crippen molar-refractivity contribution in [1.29, 1.82) is 0 Å². The molecule has 0 atom stereocenters. The van der Waals surface area contributed by atoms with Crippen LogP contribution in [0.15, 0.2) is 10.5 Å². The Labute approximate surface area is 110 Å². The molecule has 5 heteroatoms. The second-order valence-corrected chi connectivity index (χ2v) is 6.44. The average Bonchev–Trinajstić information content (AvgIpc) is 2.58. The van der Waals surface area contributed by atoms with Crippen LogP contribution in [-0.4, -0.2) is 43.1 Å². The molecule has 0 spiro atoms. The van der Waals surface area contributed by atoms with E-state index in [0.29, 0.717) is 0 Å². The van der Waals surface area contributed by atoms with Gasteiger partial charge in [-0.3, -0.25) is 0 Å². The molecule has 1 aliphatic heterocycles. The molecular weight excluding hydrogens is 286 g/mol. The van der Waals surface area contributed by atoms with Gasteiger partial charge in [-0.2, -0.15) is 0 Å². The fraction of sp³-hybridized carbons (Fsp3) is 0.636. The van der Waals surface area contributed by atoms with Gasteiger partial charge in [-0.15, -0.1) is 11.3 Å². The summed E-state index contributed by atoms with van der Waals surface area (Å²) in [4.78, 5) is 5.11. The molecule has 2 rings (SSSR count). The molecule has 3 nitrogen and oxygen atoms in total. The highest BCUT2D eigenvalue weighted by Gasteiger charge is 2.13. The number of hydrogen-bond donors (Lipinski definition) is 1. The van der Waals surface area contributed by atoms with Crippen LogP contribution in [0.3, 0.4) is 0 Å². The van der Waals surface area contributed by atoms with Gasteiger partial charge < -0.3 is 4.90 Å². The summed E-state index contributed by atoms with van der Waals surface area (Å²) in [5, 5.41) is 2.32. The molecule has 1 N–H and O–H groups in total. The third-order valence-electron chi connectivity index (χ3n) is 2.89. The van der Waals surface area contributed by atoms with Crippen LogP contribution in [0.4, 0.5) is 0 Å². The van der Waals surface area contributed by atoms with Crippen molar-refractivity contribution in [3.63, 3.8) is 0 Å². The number of nitrogens with zero attached hydrogens (tertiary/aromatic N) is 2. The maximum atomic E-state index is 3.55. The van der Waals surface area contributed by atoms with Crippen LogP contribution in [0, 0.1) is 6.92 Å². The van der Waals surface area contributed by atoms with E-state index >= 15 is 0 Å². The Kier molecular flexibility index (Phi) is 4.38. The Hall–Kier alpha value is 0.0600. The first-order valence-electron chi connectivity index (χ1n) is 5.57. The van der Waals surface area contributed by atoms with Crippen LogP contribution in [0.25, 0.3) is 0 Å². The third kappa shape index (κ3) is 3.28. The average molecular weight is 304 g/mol. The van der Waals surface area contributed by atoms with Gasteiger partial charge in [-0.05, 0) is 36.0 Å². The van der Waals surface area contributed by atoms with Crippen LogP contribution in [-0.2, 0) is 6.54 Å². The van der Waals surface area contributed by atoms with Gasteiger partial charge in [0.2, 0.25) is 0 Å². The summed E-state index contributed by atoms with van der Waals surface area (Å²) in [6.07, 6.45) is 0. The van der Waals surface area contributed by atoms with Gasteiger partial charge in [0.25, 0.3) is 0 Å². The summed E-state index contributed by atoms with van der Waals surface area (Å²) < 4.78 is 1.23. The third-order valence-corrected chi connectivity index (χ3v) is 5.02. The van der Waals surface area contributed by atoms with Crippen molar-refractivity contribution in [2.24, 2.45) is 0 Å². The lowest BCUT2D eigenvalue weighted by molar-refractivity contribution is 0.102. The van der Waals surface area contributed by atoms with E-state index in [-0.39, 0.29) is 0 Å². The Balaban J connectivity index is 1.79. The quantitative estimate of drug-likeness (QED) is 0.922. The lowest BCUT2D eigenvalue weighted by Gasteiger charge is -2.32. The summed E-state index contributed by atoms with van der Waals surface area (Å²) in [6, 6.07) is 2.21. The standard InChI is InChI=1S/C11H18BrN3S/c1-9-11(12)7-10(16-9)8-13-15-5-3-14(2)4-6-15/h7,13H,3-6,8H2,1-2H3. The Morgan fingerprint density at radius 3 is 2.62 bits per heavy atom. The number of hydrogen-bond acceptors (Lipinski definition) is 4. The van der Waals surface area contributed by atoms with Crippen LogP contribution in [0.1, 0.15) is 9.75 Å². The highest BCUT2D eigenvalue weighted by molar-refractivity contribution is 9.10. The summed E-state index contributed by atoms with van der Waals surface area (Å²) in [5.74, 6) is 0. The van der Waals surface area contributed by atoms with Crippen molar-refractivity contribution in [2.75, 3.05) is 33.2 Å². The number of hydrazine groups is 1. The minimum absolute atomic E-state index is 0.945. The van der Waals surface area contributed by atoms with Crippen LogP contribution in [0.2, 0.25) is 0 Å². The molecule has 1 aliphatic rings. The fourth-order valence-corrected chi connectivity index (χ4v) is 3.29. The SMILES string of the molecule is Cc1sc(CNN2CCN(C)CC2)cc1Br. The number of nitrogens with one attached hydrogen (secondary N) is 1. The Bertz CT molecular complexity index is 325. The Morgan fingerprint density at radius 1 is 1.38 bits per heavy atom. The number of thiophene rings is 1. The molecule has 16 heavy (non-hydrogen) atoms. The van der Waals surface area contributed by atoms with Gasteiger partial charge >= 0.3 is 0 Å². The number of aryl methyl sites for hydroxylation is 1. The van der Waals surface area contributed by atoms with Crippen molar-refractivity contribution in [3.8, 4) is 0 Å². The molecule has 0 saturated carbocycles. The second kappa shape index (κ2) is 5.60. The van der Waals surface area contributed by atoms with E-state index in [9.17, 15) is 0 Å². The fourth-order valence-electron chi connectivity index (χ4n) is 1.76. The van der Waals surface area contributed by atoms with E-state index in [1.54, 1.807) is 0 Å². The molecule has 1 fully saturated rings. The van der Waals surface area contributed by atoms with E-state index in [4.69, 9.17) is 0 Å². The van der Waals surface area contributed by atoms with Crippen molar-refractivity contribution in [3.05, 3.63) is 20.3 Å². The number of halogens is 1. The normalized spacial score (nSPS) is 19.2. The van der Waals surface area contributed by atoms with Crippen molar-refractivity contribution in [1.82, 2.24) is 15.3 Å². The zero-order chi connectivity index (χ0) is 11.5. The lowest BCUT2D eigenvalue weighted by Crippen LogP contribution is -2.50. The summed E-state index contributed by atoms with van der Waals surface area (Å²) in [6.45, 7) is 7.62. The molecule has 1 saturated heterocycles. The maximum absolute atomic E-state index is 3.55. The monoisotopic (exact) mass is 303 g/mol. The number of likely N-dealkylation sites (N-methyl/N-ethyl adjacent to an activating group) is 1. The molecular formula is C11H18BrN3S. The van der Waals surface area contributed by atoms with E-state index in [2.05, 4.69) is 51.3 Å². The zero-order valence-corrected chi connectivity index (χ0v) is 12.2.